The Morgan fingerprint density at radius 2 is 2.25 bits per heavy atom. The van der Waals surface area contributed by atoms with Gasteiger partial charge in [-0.2, -0.15) is 5.10 Å². The first kappa shape index (κ1) is 16.6. The van der Waals surface area contributed by atoms with E-state index in [2.05, 4.69) is 25.5 Å². The summed E-state index contributed by atoms with van der Waals surface area (Å²) in [6, 6.07) is 2.12. The zero-order chi connectivity index (χ0) is 17.1. The lowest BCUT2D eigenvalue weighted by Crippen LogP contribution is -2.35. The van der Waals surface area contributed by atoms with Crippen molar-refractivity contribution in [3.8, 4) is 0 Å². The number of aromatic nitrogens is 4. The maximum absolute atomic E-state index is 12.1. The van der Waals surface area contributed by atoms with Gasteiger partial charge in [-0.1, -0.05) is 5.16 Å². The number of anilines is 1. The lowest BCUT2D eigenvalue weighted by Gasteiger charge is -2.24. The van der Waals surface area contributed by atoms with Gasteiger partial charge in [0.25, 0.3) is 0 Å². The lowest BCUT2D eigenvalue weighted by molar-refractivity contribution is -0.116. The molecule has 0 aliphatic carbocycles. The van der Waals surface area contributed by atoms with E-state index in [1.54, 1.807) is 13.0 Å². The first-order chi connectivity index (χ1) is 11.5. The van der Waals surface area contributed by atoms with Crippen molar-refractivity contribution in [2.45, 2.75) is 52.6 Å². The van der Waals surface area contributed by atoms with Crippen molar-refractivity contribution in [1.82, 2.24) is 24.8 Å². The molecule has 8 heteroatoms. The van der Waals surface area contributed by atoms with E-state index in [-0.39, 0.29) is 5.91 Å². The summed E-state index contributed by atoms with van der Waals surface area (Å²) in [6.07, 6.45) is 2.72. The third kappa shape index (κ3) is 4.00. The second kappa shape index (κ2) is 7.12. The lowest BCUT2D eigenvalue weighted by atomic mass is 10.2. The Bertz CT molecular complexity index is 707. The number of hydrogen-bond acceptors (Lipinski definition) is 6. The standard InChI is InChI=1S/C16H24N6O2/c1-11-9-15(20-24-11)18-16(23)6-8-21-7-4-5-14(21)10-22-13(3)17-12(2)19-22/h9,14H,4-8,10H2,1-3H3,(H,18,20,23). The van der Waals surface area contributed by atoms with Crippen LogP contribution in [0.5, 0.6) is 0 Å². The van der Waals surface area contributed by atoms with E-state index in [9.17, 15) is 4.79 Å². The summed E-state index contributed by atoms with van der Waals surface area (Å²) in [6.45, 7) is 8.27. The van der Waals surface area contributed by atoms with Gasteiger partial charge in [-0.25, -0.2) is 9.67 Å². The smallest absolute Gasteiger partial charge is 0.226 e. The Hall–Kier alpha value is -2.22. The quantitative estimate of drug-likeness (QED) is 0.866. The average Bonchev–Trinajstić information content (AvgIpc) is 3.20. The molecular formula is C16H24N6O2. The fourth-order valence-corrected chi connectivity index (χ4v) is 3.21. The van der Waals surface area contributed by atoms with E-state index in [1.165, 1.54) is 0 Å². The van der Waals surface area contributed by atoms with Crippen molar-refractivity contribution >= 4 is 11.7 Å². The molecule has 8 nitrogen and oxygen atoms in total. The molecule has 130 valence electrons. The normalized spacial score (nSPS) is 18.2. The maximum atomic E-state index is 12.1. The second-order valence-electron chi connectivity index (χ2n) is 6.34. The van der Waals surface area contributed by atoms with Crippen LogP contribution >= 0.6 is 0 Å². The summed E-state index contributed by atoms with van der Waals surface area (Å²) < 4.78 is 6.92. The molecule has 1 aliphatic rings. The molecule has 0 saturated carbocycles. The van der Waals surface area contributed by atoms with Gasteiger partial charge >= 0.3 is 0 Å². The minimum atomic E-state index is -0.0401. The van der Waals surface area contributed by atoms with Crippen LogP contribution in [-0.4, -0.2) is 49.9 Å². The van der Waals surface area contributed by atoms with Crippen molar-refractivity contribution in [1.29, 1.82) is 0 Å². The number of likely N-dealkylation sites (tertiary alicyclic amines) is 1. The summed E-state index contributed by atoms with van der Waals surface area (Å²) in [5, 5.41) is 11.0. The number of carbonyl (C=O) groups excluding carboxylic acids is 1. The van der Waals surface area contributed by atoms with Crippen LogP contribution in [0.25, 0.3) is 0 Å². The van der Waals surface area contributed by atoms with Crippen LogP contribution in [0.1, 0.15) is 36.7 Å². The highest BCUT2D eigenvalue weighted by Gasteiger charge is 2.26. The number of amides is 1. The molecule has 1 saturated heterocycles. The Kier molecular flexibility index (Phi) is 4.94. The molecule has 3 rings (SSSR count). The van der Waals surface area contributed by atoms with Gasteiger partial charge in [0, 0.05) is 25.1 Å². The summed E-state index contributed by atoms with van der Waals surface area (Å²) >= 11 is 0. The zero-order valence-electron chi connectivity index (χ0n) is 14.4. The van der Waals surface area contributed by atoms with Gasteiger partial charge in [-0.15, -0.1) is 0 Å². The Balaban J connectivity index is 1.50. The van der Waals surface area contributed by atoms with Gasteiger partial charge in [0.1, 0.15) is 17.4 Å². The number of nitrogens with one attached hydrogen (secondary N) is 1. The van der Waals surface area contributed by atoms with Crippen molar-refractivity contribution in [2.24, 2.45) is 0 Å². The third-order valence-electron chi connectivity index (χ3n) is 4.37. The van der Waals surface area contributed by atoms with E-state index in [4.69, 9.17) is 4.52 Å². The van der Waals surface area contributed by atoms with Crippen LogP contribution in [0, 0.1) is 20.8 Å². The molecule has 0 spiro atoms. The second-order valence-corrected chi connectivity index (χ2v) is 6.34. The van der Waals surface area contributed by atoms with E-state index in [0.717, 1.165) is 44.1 Å². The molecule has 1 amide bonds. The topological polar surface area (TPSA) is 89.1 Å². The highest BCUT2D eigenvalue weighted by atomic mass is 16.5. The summed E-state index contributed by atoms with van der Waals surface area (Å²) in [7, 11) is 0. The van der Waals surface area contributed by atoms with Crippen LogP contribution in [0.3, 0.4) is 0 Å². The van der Waals surface area contributed by atoms with E-state index < -0.39 is 0 Å². The first-order valence-corrected chi connectivity index (χ1v) is 8.36. The molecule has 24 heavy (non-hydrogen) atoms. The molecule has 1 N–H and O–H groups in total. The number of aryl methyl sites for hydroxylation is 3. The van der Waals surface area contributed by atoms with Crippen LogP contribution < -0.4 is 5.32 Å². The number of carbonyl (C=O) groups is 1. The van der Waals surface area contributed by atoms with Crippen LogP contribution in [0.4, 0.5) is 5.82 Å². The molecule has 1 atom stereocenters. The summed E-state index contributed by atoms with van der Waals surface area (Å²) in [5.74, 6) is 2.87. The molecule has 2 aromatic rings. The van der Waals surface area contributed by atoms with Gasteiger partial charge in [-0.05, 0) is 40.2 Å². The molecule has 0 bridgehead atoms. The molecular weight excluding hydrogens is 308 g/mol. The van der Waals surface area contributed by atoms with E-state index in [0.29, 0.717) is 24.0 Å². The van der Waals surface area contributed by atoms with Crippen molar-refractivity contribution in [3.05, 3.63) is 23.5 Å². The molecule has 1 aliphatic heterocycles. The minimum absolute atomic E-state index is 0.0401. The highest BCUT2D eigenvalue weighted by Crippen LogP contribution is 2.19. The highest BCUT2D eigenvalue weighted by molar-refractivity contribution is 5.89. The predicted molar refractivity (Wildman–Crippen MR) is 88.6 cm³/mol. The molecule has 1 unspecified atom stereocenters. The average molecular weight is 332 g/mol. The number of hydrogen-bond donors (Lipinski definition) is 1. The molecule has 0 radical (unpaired) electrons. The zero-order valence-corrected chi connectivity index (χ0v) is 14.4. The molecule has 1 fully saturated rings. The van der Waals surface area contributed by atoms with E-state index >= 15 is 0 Å². The fraction of sp³-hybridized carbons (Fsp3) is 0.625. The maximum Gasteiger partial charge on any atom is 0.226 e. The van der Waals surface area contributed by atoms with Gasteiger partial charge < -0.3 is 9.84 Å². The first-order valence-electron chi connectivity index (χ1n) is 8.36. The number of nitrogens with zero attached hydrogens (tertiary/aromatic N) is 5. The largest absolute Gasteiger partial charge is 0.360 e. The van der Waals surface area contributed by atoms with Gasteiger partial charge in [0.05, 0.1) is 6.54 Å². The van der Waals surface area contributed by atoms with E-state index in [1.807, 2.05) is 18.5 Å². The van der Waals surface area contributed by atoms with Crippen LogP contribution in [0.15, 0.2) is 10.6 Å². The minimum Gasteiger partial charge on any atom is -0.360 e. The van der Waals surface area contributed by atoms with Crippen molar-refractivity contribution in [2.75, 3.05) is 18.4 Å². The fourth-order valence-electron chi connectivity index (χ4n) is 3.21. The Morgan fingerprint density at radius 3 is 2.92 bits per heavy atom. The van der Waals surface area contributed by atoms with Crippen LogP contribution in [-0.2, 0) is 11.3 Å². The summed E-state index contributed by atoms with van der Waals surface area (Å²) in [5.41, 5.74) is 0. The van der Waals surface area contributed by atoms with Crippen molar-refractivity contribution < 1.29 is 9.32 Å². The van der Waals surface area contributed by atoms with Gasteiger partial charge in [0.15, 0.2) is 5.82 Å². The third-order valence-corrected chi connectivity index (χ3v) is 4.37. The van der Waals surface area contributed by atoms with Crippen molar-refractivity contribution in [3.63, 3.8) is 0 Å². The molecule has 2 aromatic heterocycles. The Labute approximate surface area is 141 Å². The SMILES string of the molecule is Cc1nc(C)n(CC2CCCN2CCC(=O)Nc2cc(C)on2)n1. The molecule has 0 aromatic carbocycles. The van der Waals surface area contributed by atoms with Gasteiger partial charge in [0.2, 0.25) is 5.91 Å². The monoisotopic (exact) mass is 332 g/mol. The Morgan fingerprint density at radius 1 is 1.42 bits per heavy atom. The molecule has 3 heterocycles. The summed E-state index contributed by atoms with van der Waals surface area (Å²) in [4.78, 5) is 18.8. The number of rotatable bonds is 6. The van der Waals surface area contributed by atoms with Gasteiger partial charge in [-0.3, -0.25) is 9.69 Å². The van der Waals surface area contributed by atoms with Crippen LogP contribution in [0.2, 0.25) is 0 Å². The predicted octanol–water partition coefficient (Wildman–Crippen LogP) is 1.68.